The number of nitrogens with two attached hydrogens (primary N) is 1. The summed E-state index contributed by atoms with van der Waals surface area (Å²) in [6, 6.07) is 6.97. The van der Waals surface area contributed by atoms with Gasteiger partial charge < -0.3 is 31.9 Å². The van der Waals surface area contributed by atoms with Crippen LogP contribution in [0.4, 0.5) is 0 Å². The molecule has 11 nitrogen and oxygen atoms in total. The Morgan fingerprint density at radius 1 is 1.00 bits per heavy atom. The fourth-order valence-electron chi connectivity index (χ4n) is 2.26. The molecule has 0 saturated carbocycles. The van der Waals surface area contributed by atoms with E-state index >= 15 is 0 Å². The van der Waals surface area contributed by atoms with Crippen LogP contribution in [0.1, 0.15) is 18.4 Å². The molecule has 1 aromatic rings. The van der Waals surface area contributed by atoms with E-state index in [-0.39, 0.29) is 30.3 Å². The third-order valence-corrected chi connectivity index (χ3v) is 4.95. The molecule has 1 rings (SSSR count). The lowest BCUT2D eigenvalue weighted by Crippen LogP contribution is -2.49. The number of aliphatic carboxylic acids is 2. The molecule has 0 spiro atoms. The van der Waals surface area contributed by atoms with Crippen LogP contribution in [0.25, 0.3) is 0 Å². The summed E-state index contributed by atoms with van der Waals surface area (Å²) in [4.78, 5) is 57.6. The van der Waals surface area contributed by atoms with E-state index in [4.69, 9.17) is 15.9 Å². The molecule has 0 fully saturated rings. The van der Waals surface area contributed by atoms with Crippen molar-refractivity contribution in [1.29, 1.82) is 0 Å². The predicted molar refractivity (Wildman–Crippen MR) is 113 cm³/mol. The second-order valence-corrected chi connectivity index (χ2v) is 7.52. The number of benzene rings is 1. The van der Waals surface area contributed by atoms with Crippen molar-refractivity contribution in [3.8, 4) is 0 Å². The van der Waals surface area contributed by atoms with E-state index in [1.165, 1.54) is 0 Å². The lowest BCUT2D eigenvalue weighted by Gasteiger charge is -2.18. The van der Waals surface area contributed by atoms with Gasteiger partial charge in [0.1, 0.15) is 18.6 Å². The van der Waals surface area contributed by atoms with Gasteiger partial charge in [-0.2, -0.15) is 0 Å². The predicted octanol–water partition coefficient (Wildman–Crippen LogP) is -1.09. The van der Waals surface area contributed by atoms with Crippen LogP contribution in [-0.2, 0) is 30.5 Å². The van der Waals surface area contributed by atoms with Crippen molar-refractivity contribution in [2.75, 3.05) is 18.1 Å². The van der Waals surface area contributed by atoms with Crippen LogP contribution in [0, 0.1) is 0 Å². The molecule has 170 valence electrons. The molecule has 0 saturated heterocycles. The summed E-state index contributed by atoms with van der Waals surface area (Å²) in [6.07, 6.45) is -0.349. The number of carbonyl (C=O) groups excluding carboxylic acids is 3. The quantitative estimate of drug-likeness (QED) is 0.203. The molecule has 2 atom stereocenters. The highest BCUT2D eigenvalue weighted by Gasteiger charge is 2.22. The molecule has 0 aliphatic rings. The number of carbonyl (C=O) groups is 5. The van der Waals surface area contributed by atoms with Gasteiger partial charge in [-0.3, -0.25) is 24.0 Å². The fraction of sp³-hybridized carbons (Fsp3) is 0.421. The molecule has 1 aromatic carbocycles. The molecular formula is C19H26N4O7S. The Hall–Kier alpha value is -3.12. The Kier molecular flexibility index (Phi) is 11.7. The van der Waals surface area contributed by atoms with Crippen molar-refractivity contribution in [2.24, 2.45) is 5.73 Å². The number of hydrogen-bond acceptors (Lipinski definition) is 7. The summed E-state index contributed by atoms with van der Waals surface area (Å²) in [5.74, 6) is -4.07. The summed E-state index contributed by atoms with van der Waals surface area (Å²) in [6.45, 7) is -0.277. The largest absolute Gasteiger partial charge is 0.480 e. The summed E-state index contributed by atoms with van der Waals surface area (Å²) >= 11 is 1.08. The maximum absolute atomic E-state index is 12.2. The highest BCUT2D eigenvalue weighted by molar-refractivity contribution is 8.00. The van der Waals surface area contributed by atoms with Crippen molar-refractivity contribution < 1.29 is 34.2 Å². The second kappa shape index (κ2) is 14.0. The summed E-state index contributed by atoms with van der Waals surface area (Å²) < 4.78 is 0. The van der Waals surface area contributed by atoms with Crippen LogP contribution in [0.3, 0.4) is 0 Å². The lowest BCUT2D eigenvalue weighted by atomic mass is 10.1. The van der Waals surface area contributed by atoms with Crippen LogP contribution < -0.4 is 21.7 Å². The van der Waals surface area contributed by atoms with Gasteiger partial charge in [0.15, 0.2) is 0 Å². The normalized spacial score (nSPS) is 12.3. The smallest absolute Gasteiger partial charge is 0.322 e. The molecule has 0 radical (unpaired) electrons. The van der Waals surface area contributed by atoms with E-state index in [1.54, 1.807) is 0 Å². The van der Waals surface area contributed by atoms with Gasteiger partial charge >= 0.3 is 11.9 Å². The van der Waals surface area contributed by atoms with Gasteiger partial charge in [0, 0.05) is 18.7 Å². The summed E-state index contributed by atoms with van der Waals surface area (Å²) in [7, 11) is 0. The maximum Gasteiger partial charge on any atom is 0.322 e. The molecule has 0 aliphatic carbocycles. The number of hydrogen-bond donors (Lipinski definition) is 6. The van der Waals surface area contributed by atoms with Gasteiger partial charge in [-0.1, -0.05) is 30.3 Å². The molecule has 0 bridgehead atoms. The van der Waals surface area contributed by atoms with E-state index < -0.39 is 42.4 Å². The van der Waals surface area contributed by atoms with Crippen LogP contribution in [0.5, 0.6) is 0 Å². The number of nitrogens with one attached hydrogen (secondary N) is 3. The second-order valence-electron chi connectivity index (χ2n) is 6.49. The highest BCUT2D eigenvalue weighted by Crippen LogP contribution is 2.05. The van der Waals surface area contributed by atoms with Crippen molar-refractivity contribution in [1.82, 2.24) is 16.0 Å². The number of amides is 3. The van der Waals surface area contributed by atoms with Crippen molar-refractivity contribution in [3.63, 3.8) is 0 Å². The molecule has 3 amide bonds. The molecule has 7 N–H and O–H groups in total. The first kappa shape index (κ1) is 25.9. The van der Waals surface area contributed by atoms with Crippen LogP contribution in [0.15, 0.2) is 30.3 Å². The van der Waals surface area contributed by atoms with Crippen molar-refractivity contribution in [3.05, 3.63) is 35.9 Å². The first-order chi connectivity index (χ1) is 14.7. The Balaban J connectivity index is 2.51. The highest BCUT2D eigenvalue weighted by atomic mass is 32.2. The number of carboxylic acids is 2. The minimum atomic E-state index is -1.25. The van der Waals surface area contributed by atoms with Gasteiger partial charge in [0.2, 0.25) is 17.7 Å². The van der Waals surface area contributed by atoms with Gasteiger partial charge in [0.25, 0.3) is 0 Å². The molecule has 0 aliphatic heterocycles. The van der Waals surface area contributed by atoms with Crippen molar-refractivity contribution in [2.45, 2.75) is 31.5 Å². The third kappa shape index (κ3) is 11.6. The van der Waals surface area contributed by atoms with Crippen LogP contribution in [-0.4, -0.2) is 70.0 Å². The van der Waals surface area contributed by atoms with E-state index in [2.05, 4.69) is 16.0 Å². The zero-order chi connectivity index (χ0) is 23.2. The molecular weight excluding hydrogens is 428 g/mol. The Bertz CT molecular complexity index is 776. The number of carboxylic acid groups (broad SMARTS) is 2. The zero-order valence-corrected chi connectivity index (χ0v) is 17.5. The van der Waals surface area contributed by atoms with Crippen molar-refractivity contribution >= 4 is 41.4 Å². The van der Waals surface area contributed by atoms with E-state index in [1.807, 2.05) is 30.3 Å². The molecule has 12 heteroatoms. The van der Waals surface area contributed by atoms with Gasteiger partial charge in [-0.15, -0.1) is 11.8 Å². The topological polar surface area (TPSA) is 188 Å². The standard InChI is InChI=1S/C19H26N4O7S/c20-13(19(29)30)6-7-15(24)23-14(18(28)22-9-17(26)27)10-31-11-16(25)21-8-12-4-2-1-3-5-12/h1-5,13-14H,6-11,20H2,(H,21,25)(H,22,28)(H,23,24)(H,26,27)(H,29,30). The summed E-state index contributed by atoms with van der Waals surface area (Å²) in [5, 5.41) is 24.8. The first-order valence-corrected chi connectivity index (χ1v) is 10.5. The van der Waals surface area contributed by atoms with E-state index in [0.717, 1.165) is 17.3 Å². The van der Waals surface area contributed by atoms with E-state index in [0.29, 0.717) is 6.54 Å². The fourth-order valence-corrected chi connectivity index (χ4v) is 3.14. The van der Waals surface area contributed by atoms with Crippen LogP contribution in [0.2, 0.25) is 0 Å². The summed E-state index contributed by atoms with van der Waals surface area (Å²) in [5.41, 5.74) is 6.28. The van der Waals surface area contributed by atoms with E-state index in [9.17, 15) is 24.0 Å². The lowest BCUT2D eigenvalue weighted by molar-refractivity contribution is -0.139. The minimum Gasteiger partial charge on any atom is -0.480 e. The Morgan fingerprint density at radius 2 is 1.68 bits per heavy atom. The van der Waals surface area contributed by atoms with Gasteiger partial charge in [-0.05, 0) is 12.0 Å². The average Bonchev–Trinajstić information content (AvgIpc) is 2.74. The first-order valence-electron chi connectivity index (χ1n) is 9.34. The monoisotopic (exact) mass is 454 g/mol. The molecule has 0 heterocycles. The zero-order valence-electron chi connectivity index (χ0n) is 16.7. The minimum absolute atomic E-state index is 0.0148. The maximum atomic E-state index is 12.2. The van der Waals surface area contributed by atoms with Gasteiger partial charge in [-0.25, -0.2) is 0 Å². The molecule has 2 unspecified atom stereocenters. The van der Waals surface area contributed by atoms with Crippen LogP contribution >= 0.6 is 11.8 Å². The number of rotatable bonds is 14. The molecule has 0 aromatic heterocycles. The SMILES string of the molecule is NC(CCC(=O)NC(CSCC(=O)NCc1ccccc1)C(=O)NCC(=O)O)C(=O)O. The Labute approximate surface area is 183 Å². The number of thioether (sulfide) groups is 1. The molecule has 31 heavy (non-hydrogen) atoms. The third-order valence-electron chi connectivity index (χ3n) is 3.92. The Morgan fingerprint density at radius 3 is 2.29 bits per heavy atom. The van der Waals surface area contributed by atoms with Gasteiger partial charge in [0.05, 0.1) is 5.75 Å². The average molecular weight is 455 g/mol.